The summed E-state index contributed by atoms with van der Waals surface area (Å²) in [5.74, 6) is -1.04. The molecule has 0 radical (unpaired) electrons. The van der Waals surface area contributed by atoms with Crippen molar-refractivity contribution in [3.63, 3.8) is 0 Å². The number of aromatic nitrogens is 2. The first-order valence-electron chi connectivity index (χ1n) is 6.99. The lowest BCUT2D eigenvalue weighted by molar-refractivity contribution is 0.0689. The van der Waals surface area contributed by atoms with E-state index in [1.807, 2.05) is 24.3 Å². The van der Waals surface area contributed by atoms with Crippen molar-refractivity contribution in [2.24, 2.45) is 0 Å². The van der Waals surface area contributed by atoms with Crippen molar-refractivity contribution in [1.29, 1.82) is 0 Å². The molecule has 114 valence electrons. The summed E-state index contributed by atoms with van der Waals surface area (Å²) in [5, 5.41) is 13.6. The van der Waals surface area contributed by atoms with E-state index in [0.717, 1.165) is 10.5 Å². The van der Waals surface area contributed by atoms with E-state index in [1.165, 1.54) is 10.7 Å². The molecule has 0 spiro atoms. The Morgan fingerprint density at radius 1 is 1.17 bits per heavy atom. The van der Waals surface area contributed by atoms with Crippen molar-refractivity contribution in [2.45, 2.75) is 10.6 Å². The molecule has 0 saturated carbocycles. The van der Waals surface area contributed by atoms with Gasteiger partial charge in [-0.2, -0.15) is 5.10 Å². The van der Waals surface area contributed by atoms with Gasteiger partial charge in [0.2, 0.25) is 0 Å². The maximum Gasteiger partial charge on any atom is 0.356 e. The normalized spacial score (nSPS) is 12.6. The van der Waals surface area contributed by atoms with E-state index in [2.05, 4.69) is 5.10 Å². The first-order chi connectivity index (χ1) is 11.2. The van der Waals surface area contributed by atoms with Crippen LogP contribution in [0.25, 0.3) is 16.9 Å². The Balaban J connectivity index is 2.06. The highest BCUT2D eigenvalue weighted by Crippen LogP contribution is 2.43. The third-order valence-corrected chi connectivity index (χ3v) is 4.88. The first kappa shape index (κ1) is 14.0. The lowest BCUT2D eigenvalue weighted by Gasteiger charge is -2.18. The van der Waals surface area contributed by atoms with Gasteiger partial charge >= 0.3 is 5.97 Å². The van der Waals surface area contributed by atoms with Gasteiger partial charge in [0.1, 0.15) is 11.5 Å². The summed E-state index contributed by atoms with van der Waals surface area (Å²) in [6.07, 6.45) is 0. The number of carbonyl (C=O) groups is 1. The fourth-order valence-corrected chi connectivity index (χ4v) is 3.84. The number of benzene rings is 2. The molecular formula is C17H11FN2O2S. The summed E-state index contributed by atoms with van der Waals surface area (Å²) in [4.78, 5) is 12.6. The zero-order valence-electron chi connectivity index (χ0n) is 11.9. The molecule has 1 aliphatic heterocycles. The fraction of sp³-hybridized carbons (Fsp3) is 0.0588. The molecule has 0 unspecified atom stereocenters. The molecule has 4 nitrogen and oxygen atoms in total. The number of nitrogens with zero attached hydrogens (tertiary/aromatic N) is 2. The summed E-state index contributed by atoms with van der Waals surface area (Å²) in [6.45, 7) is 0. The summed E-state index contributed by atoms with van der Waals surface area (Å²) < 4.78 is 15.6. The van der Waals surface area contributed by atoms with Crippen LogP contribution in [0.5, 0.6) is 0 Å². The van der Waals surface area contributed by atoms with Crippen LogP contribution in [0.2, 0.25) is 0 Å². The molecular weight excluding hydrogens is 315 g/mol. The Morgan fingerprint density at radius 3 is 2.70 bits per heavy atom. The molecule has 2 heterocycles. The topological polar surface area (TPSA) is 55.1 Å². The van der Waals surface area contributed by atoms with Crippen molar-refractivity contribution in [3.05, 3.63) is 65.6 Å². The molecule has 1 N–H and O–H groups in total. The largest absolute Gasteiger partial charge is 0.476 e. The average Bonchev–Trinajstić information content (AvgIpc) is 2.95. The summed E-state index contributed by atoms with van der Waals surface area (Å²) in [6, 6.07) is 13.9. The van der Waals surface area contributed by atoms with E-state index in [-0.39, 0.29) is 11.4 Å². The minimum absolute atomic E-state index is 0.0229. The van der Waals surface area contributed by atoms with Crippen molar-refractivity contribution >= 4 is 17.7 Å². The Bertz CT molecular complexity index is 936. The molecule has 23 heavy (non-hydrogen) atoms. The number of para-hydroxylation sites is 1. The van der Waals surface area contributed by atoms with Gasteiger partial charge in [0.25, 0.3) is 0 Å². The van der Waals surface area contributed by atoms with Crippen LogP contribution < -0.4 is 0 Å². The van der Waals surface area contributed by atoms with Crippen LogP contribution in [0.3, 0.4) is 0 Å². The van der Waals surface area contributed by atoms with E-state index in [4.69, 9.17) is 0 Å². The van der Waals surface area contributed by atoms with Crippen LogP contribution in [-0.2, 0) is 5.75 Å². The molecule has 0 aliphatic carbocycles. The highest BCUT2D eigenvalue weighted by molar-refractivity contribution is 7.98. The van der Waals surface area contributed by atoms with Crippen molar-refractivity contribution < 1.29 is 14.3 Å². The van der Waals surface area contributed by atoms with Gasteiger partial charge in [-0.15, -0.1) is 11.8 Å². The molecule has 0 saturated heterocycles. The number of fused-ring (bicyclic) bond motifs is 3. The van der Waals surface area contributed by atoms with Crippen LogP contribution in [0.4, 0.5) is 4.39 Å². The molecule has 4 rings (SSSR count). The number of hydrogen-bond acceptors (Lipinski definition) is 3. The summed E-state index contributed by atoms with van der Waals surface area (Å²) in [7, 11) is 0. The number of hydrogen-bond donors (Lipinski definition) is 1. The minimum Gasteiger partial charge on any atom is -0.476 e. The lowest BCUT2D eigenvalue weighted by atomic mass is 10.1. The van der Waals surface area contributed by atoms with Gasteiger partial charge in [0, 0.05) is 21.8 Å². The second kappa shape index (κ2) is 5.24. The number of thioether (sulfide) groups is 1. The van der Waals surface area contributed by atoms with Crippen LogP contribution in [0.1, 0.15) is 16.1 Å². The van der Waals surface area contributed by atoms with Crippen LogP contribution in [-0.4, -0.2) is 20.9 Å². The van der Waals surface area contributed by atoms with Gasteiger partial charge in [0.15, 0.2) is 5.69 Å². The zero-order valence-corrected chi connectivity index (χ0v) is 12.7. The molecule has 0 amide bonds. The van der Waals surface area contributed by atoms with Crippen molar-refractivity contribution in [3.8, 4) is 16.9 Å². The quantitative estimate of drug-likeness (QED) is 0.774. The highest BCUT2D eigenvalue weighted by atomic mass is 32.2. The molecule has 0 fully saturated rings. The standard InChI is InChI=1S/C17H11FN2O2S/c18-12-6-2-3-7-13(12)20-16-10-5-1-4-8-14(10)23-9-11(16)15(19-20)17(21)22/h1-8H,9H2,(H,21,22). The van der Waals surface area contributed by atoms with Gasteiger partial charge in [-0.1, -0.05) is 30.3 Å². The Morgan fingerprint density at radius 2 is 1.91 bits per heavy atom. The molecule has 2 aromatic carbocycles. The lowest BCUT2D eigenvalue weighted by Crippen LogP contribution is -2.04. The van der Waals surface area contributed by atoms with Crippen LogP contribution >= 0.6 is 11.8 Å². The minimum atomic E-state index is -1.10. The Labute approximate surface area is 135 Å². The van der Waals surface area contributed by atoms with E-state index < -0.39 is 11.8 Å². The molecule has 1 aromatic heterocycles. The number of carboxylic acids is 1. The van der Waals surface area contributed by atoms with E-state index in [1.54, 1.807) is 30.0 Å². The highest BCUT2D eigenvalue weighted by Gasteiger charge is 2.29. The molecule has 0 bridgehead atoms. The average molecular weight is 326 g/mol. The SMILES string of the molecule is O=C(O)c1nn(-c2ccccc2F)c2c1CSc1ccccc1-2. The number of rotatable bonds is 2. The second-order valence-corrected chi connectivity index (χ2v) is 6.15. The molecule has 0 atom stereocenters. The van der Waals surface area contributed by atoms with Gasteiger partial charge < -0.3 is 5.11 Å². The monoisotopic (exact) mass is 326 g/mol. The Hall–Kier alpha value is -2.60. The van der Waals surface area contributed by atoms with E-state index in [0.29, 0.717) is 17.0 Å². The third kappa shape index (κ3) is 2.14. The van der Waals surface area contributed by atoms with Crippen LogP contribution in [0.15, 0.2) is 53.4 Å². The maximum atomic E-state index is 14.2. The fourth-order valence-electron chi connectivity index (χ4n) is 2.77. The number of carboxylic acid groups (broad SMARTS) is 1. The molecule has 1 aliphatic rings. The zero-order chi connectivity index (χ0) is 16.0. The van der Waals surface area contributed by atoms with Crippen molar-refractivity contribution in [1.82, 2.24) is 9.78 Å². The predicted octanol–water partition coefficient (Wildman–Crippen LogP) is 3.98. The second-order valence-electron chi connectivity index (χ2n) is 5.13. The number of halogens is 1. The molecule has 6 heteroatoms. The van der Waals surface area contributed by atoms with Gasteiger partial charge in [0.05, 0.1) is 5.69 Å². The smallest absolute Gasteiger partial charge is 0.356 e. The predicted molar refractivity (Wildman–Crippen MR) is 85.5 cm³/mol. The van der Waals surface area contributed by atoms with Crippen LogP contribution in [0, 0.1) is 5.82 Å². The van der Waals surface area contributed by atoms with Gasteiger partial charge in [-0.25, -0.2) is 13.9 Å². The maximum absolute atomic E-state index is 14.2. The van der Waals surface area contributed by atoms with Gasteiger partial charge in [-0.3, -0.25) is 0 Å². The summed E-state index contributed by atoms with van der Waals surface area (Å²) >= 11 is 1.57. The van der Waals surface area contributed by atoms with Gasteiger partial charge in [-0.05, 0) is 18.2 Å². The summed E-state index contributed by atoms with van der Waals surface area (Å²) in [5.41, 5.74) is 2.39. The van der Waals surface area contributed by atoms with E-state index in [9.17, 15) is 14.3 Å². The Kier molecular flexibility index (Phi) is 3.20. The van der Waals surface area contributed by atoms with Crippen molar-refractivity contribution in [2.75, 3.05) is 0 Å². The first-order valence-corrected chi connectivity index (χ1v) is 7.97. The number of aromatic carboxylic acids is 1. The third-order valence-electron chi connectivity index (χ3n) is 3.78. The molecule has 3 aromatic rings. The van der Waals surface area contributed by atoms with E-state index >= 15 is 0 Å².